The van der Waals surface area contributed by atoms with E-state index in [9.17, 15) is 14.4 Å². The van der Waals surface area contributed by atoms with Crippen LogP contribution in [0, 0.1) is 0 Å². The van der Waals surface area contributed by atoms with Gasteiger partial charge in [0.2, 0.25) is 11.8 Å². The van der Waals surface area contributed by atoms with E-state index in [0.717, 1.165) is 12.8 Å². The summed E-state index contributed by atoms with van der Waals surface area (Å²) < 4.78 is 1.39. The fraction of sp³-hybridized carbons (Fsp3) is 0.524. The van der Waals surface area contributed by atoms with Crippen LogP contribution in [0.3, 0.4) is 0 Å². The minimum absolute atomic E-state index is 0.107. The van der Waals surface area contributed by atoms with Crippen molar-refractivity contribution in [2.24, 2.45) is 0 Å². The van der Waals surface area contributed by atoms with Crippen molar-refractivity contribution in [3.05, 3.63) is 39.6 Å². The van der Waals surface area contributed by atoms with Crippen LogP contribution in [0.25, 0.3) is 0 Å². The van der Waals surface area contributed by atoms with Crippen LogP contribution < -0.4 is 5.32 Å². The molecule has 1 aliphatic rings. The van der Waals surface area contributed by atoms with E-state index < -0.39 is 12.1 Å². The van der Waals surface area contributed by atoms with Crippen molar-refractivity contribution in [2.45, 2.75) is 64.6 Å². The lowest BCUT2D eigenvalue weighted by Gasteiger charge is -2.34. The zero-order chi connectivity index (χ0) is 23.3. The van der Waals surface area contributed by atoms with Crippen LogP contribution in [0.5, 0.6) is 0 Å². The number of nitrogens with zero attached hydrogens (tertiary/aromatic N) is 5. The first-order valence-corrected chi connectivity index (χ1v) is 11.4. The first-order valence-electron chi connectivity index (χ1n) is 10.6. The summed E-state index contributed by atoms with van der Waals surface area (Å²) in [7, 11) is 0. The van der Waals surface area contributed by atoms with Crippen molar-refractivity contribution in [3.63, 3.8) is 0 Å². The van der Waals surface area contributed by atoms with Gasteiger partial charge >= 0.3 is 0 Å². The van der Waals surface area contributed by atoms with Gasteiger partial charge in [-0.3, -0.25) is 14.4 Å². The number of carbonyl (C=O) groups is 3. The molecule has 1 aromatic heterocycles. The molecular formula is C21H26Cl2N6O3. The van der Waals surface area contributed by atoms with Gasteiger partial charge in [-0.25, -0.2) is 4.68 Å². The topological polar surface area (TPSA) is 110 Å². The minimum atomic E-state index is -0.709. The molecule has 2 amide bonds. The number of Topliss-reactive ketones (excluding diaryl/α,β-unsaturated/α-hetero) is 1. The number of piperidine rings is 1. The molecule has 172 valence electrons. The molecule has 1 N–H and O–H groups in total. The largest absolute Gasteiger partial charge is 0.344 e. The molecule has 1 fully saturated rings. The number of amides is 2. The normalized spacial score (nSPS) is 17.1. The smallest absolute Gasteiger partial charge is 0.243 e. The van der Waals surface area contributed by atoms with Gasteiger partial charge in [-0.2, -0.15) is 0 Å². The molecule has 0 spiro atoms. The lowest BCUT2D eigenvalue weighted by molar-refractivity contribution is -0.141. The highest BCUT2D eigenvalue weighted by molar-refractivity contribution is 6.36. The lowest BCUT2D eigenvalue weighted by atomic mass is 10.00. The third kappa shape index (κ3) is 5.63. The van der Waals surface area contributed by atoms with E-state index >= 15 is 0 Å². The number of benzene rings is 1. The highest BCUT2D eigenvalue weighted by Gasteiger charge is 2.32. The lowest BCUT2D eigenvalue weighted by Crippen LogP contribution is -2.54. The predicted molar refractivity (Wildman–Crippen MR) is 119 cm³/mol. The van der Waals surface area contributed by atoms with Gasteiger partial charge in [0.1, 0.15) is 12.6 Å². The van der Waals surface area contributed by atoms with Crippen molar-refractivity contribution in [1.29, 1.82) is 0 Å². The number of tetrazole rings is 1. The number of carbonyl (C=O) groups excluding carboxylic acids is 3. The Labute approximate surface area is 196 Å². The first kappa shape index (κ1) is 24.1. The summed E-state index contributed by atoms with van der Waals surface area (Å²) in [5.74, 6) is -0.241. The van der Waals surface area contributed by atoms with Crippen molar-refractivity contribution >= 4 is 40.8 Å². The van der Waals surface area contributed by atoms with Crippen molar-refractivity contribution in [3.8, 4) is 0 Å². The first-order chi connectivity index (χ1) is 15.3. The van der Waals surface area contributed by atoms with Gasteiger partial charge in [0.25, 0.3) is 0 Å². The van der Waals surface area contributed by atoms with E-state index in [0.29, 0.717) is 40.8 Å². The van der Waals surface area contributed by atoms with E-state index in [-0.39, 0.29) is 30.6 Å². The fourth-order valence-electron chi connectivity index (χ4n) is 3.85. The number of likely N-dealkylation sites (tertiary alicyclic amines) is 1. The Morgan fingerprint density at radius 3 is 2.59 bits per heavy atom. The van der Waals surface area contributed by atoms with Crippen LogP contribution in [0.4, 0.5) is 0 Å². The number of rotatable bonds is 8. The Bertz CT molecular complexity index is 975. The van der Waals surface area contributed by atoms with E-state index in [4.69, 9.17) is 23.2 Å². The second-order valence-electron chi connectivity index (χ2n) is 7.79. The molecule has 2 heterocycles. The summed E-state index contributed by atoms with van der Waals surface area (Å²) in [4.78, 5) is 39.2. The quantitative estimate of drug-likeness (QED) is 0.620. The molecule has 0 aliphatic carbocycles. The summed E-state index contributed by atoms with van der Waals surface area (Å²) in [5, 5.41) is 15.4. The van der Waals surface area contributed by atoms with Crippen LogP contribution in [0.15, 0.2) is 18.2 Å². The maximum atomic E-state index is 13.0. The van der Waals surface area contributed by atoms with E-state index in [1.807, 2.05) is 6.92 Å². The van der Waals surface area contributed by atoms with E-state index in [1.54, 1.807) is 23.1 Å². The summed E-state index contributed by atoms with van der Waals surface area (Å²) >= 11 is 12.5. The zero-order valence-corrected chi connectivity index (χ0v) is 19.6. The van der Waals surface area contributed by atoms with Crippen LogP contribution in [0.2, 0.25) is 10.0 Å². The van der Waals surface area contributed by atoms with Gasteiger partial charge in [-0.15, -0.1) is 5.10 Å². The highest BCUT2D eigenvalue weighted by Crippen LogP contribution is 2.26. The molecule has 9 nitrogen and oxygen atoms in total. The zero-order valence-electron chi connectivity index (χ0n) is 18.1. The minimum Gasteiger partial charge on any atom is -0.344 e. The van der Waals surface area contributed by atoms with Crippen LogP contribution in [-0.4, -0.2) is 61.3 Å². The van der Waals surface area contributed by atoms with Gasteiger partial charge < -0.3 is 10.2 Å². The molecule has 32 heavy (non-hydrogen) atoms. The molecule has 3 rings (SSSR count). The monoisotopic (exact) mass is 480 g/mol. The van der Waals surface area contributed by atoms with Gasteiger partial charge in [-0.1, -0.05) is 36.2 Å². The standard InChI is InChI=1S/C21H26Cl2N6O3/c1-3-17(24-21(32)18-9-4-5-10-28(18)13(2)30)19(31)12-29-20(25-26-27-29)11-14-15(22)7-6-8-16(14)23/h6-8,17-18H,3-5,9-12H2,1-2H3,(H,24,32)/t17?,18-/m0/s1. The maximum Gasteiger partial charge on any atom is 0.243 e. The third-order valence-corrected chi connectivity index (χ3v) is 6.34. The van der Waals surface area contributed by atoms with Crippen molar-refractivity contribution in [2.75, 3.05) is 6.54 Å². The van der Waals surface area contributed by atoms with E-state index in [2.05, 4.69) is 20.8 Å². The average molecular weight is 481 g/mol. The Hall–Kier alpha value is -2.52. The molecule has 1 saturated heterocycles. The number of hydrogen-bond donors (Lipinski definition) is 1. The number of ketones is 1. The van der Waals surface area contributed by atoms with E-state index in [1.165, 1.54) is 11.6 Å². The maximum absolute atomic E-state index is 13.0. The summed E-state index contributed by atoms with van der Waals surface area (Å²) in [6.07, 6.45) is 3.00. The molecule has 2 atom stereocenters. The molecule has 11 heteroatoms. The van der Waals surface area contributed by atoms with Gasteiger partial charge in [0, 0.05) is 29.9 Å². The molecular weight excluding hydrogens is 455 g/mol. The van der Waals surface area contributed by atoms with Crippen molar-refractivity contribution < 1.29 is 14.4 Å². The van der Waals surface area contributed by atoms with Crippen LogP contribution in [0.1, 0.15) is 50.9 Å². The third-order valence-electron chi connectivity index (χ3n) is 5.63. The Kier molecular flexibility index (Phi) is 8.20. The highest BCUT2D eigenvalue weighted by atomic mass is 35.5. The van der Waals surface area contributed by atoms with Gasteiger partial charge in [-0.05, 0) is 53.8 Å². The molecule has 1 aromatic carbocycles. The predicted octanol–water partition coefficient (Wildman–Crippen LogP) is 2.44. The second-order valence-corrected chi connectivity index (χ2v) is 8.60. The fourth-order valence-corrected chi connectivity index (χ4v) is 4.38. The number of aromatic nitrogens is 4. The molecule has 1 unspecified atom stereocenters. The second kappa shape index (κ2) is 10.9. The van der Waals surface area contributed by atoms with Crippen LogP contribution >= 0.6 is 23.2 Å². The Balaban J connectivity index is 1.68. The van der Waals surface area contributed by atoms with Crippen LogP contribution in [-0.2, 0) is 27.3 Å². The Morgan fingerprint density at radius 2 is 1.94 bits per heavy atom. The molecule has 2 aromatic rings. The summed E-state index contributed by atoms with van der Waals surface area (Å²) in [6.45, 7) is 3.72. The number of halogens is 2. The van der Waals surface area contributed by atoms with Gasteiger partial charge in [0.05, 0.1) is 6.04 Å². The SMILES string of the molecule is CCC(NC(=O)[C@@H]1CCCCN1C(C)=O)C(=O)Cn1nnnc1Cc1c(Cl)cccc1Cl. The number of nitrogens with one attached hydrogen (secondary N) is 1. The average Bonchev–Trinajstić information content (AvgIpc) is 3.20. The number of hydrogen-bond acceptors (Lipinski definition) is 6. The molecule has 0 radical (unpaired) electrons. The Morgan fingerprint density at radius 1 is 1.22 bits per heavy atom. The van der Waals surface area contributed by atoms with Crippen molar-refractivity contribution in [1.82, 2.24) is 30.4 Å². The molecule has 0 bridgehead atoms. The summed E-state index contributed by atoms with van der Waals surface area (Å²) in [6, 6.07) is 3.93. The molecule has 1 aliphatic heterocycles. The molecule has 0 saturated carbocycles. The van der Waals surface area contributed by atoms with Gasteiger partial charge in [0.15, 0.2) is 11.6 Å². The summed E-state index contributed by atoms with van der Waals surface area (Å²) in [5.41, 5.74) is 0.668.